The van der Waals surface area contributed by atoms with Crippen molar-refractivity contribution in [3.05, 3.63) is 28.2 Å². The Morgan fingerprint density at radius 2 is 2.20 bits per heavy atom. The summed E-state index contributed by atoms with van der Waals surface area (Å²) in [7, 11) is 0. The van der Waals surface area contributed by atoms with Crippen LogP contribution in [0.5, 0.6) is 0 Å². The van der Waals surface area contributed by atoms with Crippen molar-refractivity contribution in [3.63, 3.8) is 0 Å². The van der Waals surface area contributed by atoms with Crippen molar-refractivity contribution < 1.29 is 0 Å². The monoisotopic (exact) mass is 196 g/mol. The number of rotatable bonds is 0. The van der Waals surface area contributed by atoms with Crippen LogP contribution in [-0.2, 0) is 0 Å². The molecule has 50 valence electrons. The van der Waals surface area contributed by atoms with Crippen molar-refractivity contribution in [2.45, 2.75) is 0 Å². The largest absolute Gasteiger partial charge is 0.399 e. The first-order chi connectivity index (χ1) is 4.74. The van der Waals surface area contributed by atoms with Gasteiger partial charge in [0.15, 0.2) is 0 Å². The van der Waals surface area contributed by atoms with E-state index in [-0.39, 0.29) is 0 Å². The van der Waals surface area contributed by atoms with E-state index in [1.54, 1.807) is 18.2 Å². The molecule has 10 heavy (non-hydrogen) atoms. The molecule has 0 aliphatic rings. The molecular weight excluding hydrogens is 192 g/mol. The third kappa shape index (κ3) is 1.28. The number of anilines is 1. The van der Waals surface area contributed by atoms with Gasteiger partial charge >= 0.3 is 0 Å². The zero-order valence-corrected chi connectivity index (χ0v) is 6.72. The Morgan fingerprint density at radius 1 is 1.50 bits per heavy atom. The minimum absolute atomic E-state index is 0.606. The molecule has 0 fully saturated rings. The summed E-state index contributed by atoms with van der Waals surface area (Å²) in [4.78, 5) is 0. The summed E-state index contributed by atoms with van der Waals surface area (Å²) < 4.78 is 0.745. The highest BCUT2D eigenvalue weighted by molar-refractivity contribution is 9.10. The van der Waals surface area contributed by atoms with Crippen molar-refractivity contribution in [2.24, 2.45) is 0 Å². The van der Waals surface area contributed by atoms with Gasteiger partial charge in [-0.15, -0.1) is 0 Å². The van der Waals surface area contributed by atoms with Crippen molar-refractivity contribution in [3.8, 4) is 6.07 Å². The molecule has 0 aromatic heterocycles. The molecule has 0 atom stereocenters. The number of benzene rings is 1. The maximum atomic E-state index is 8.49. The van der Waals surface area contributed by atoms with Crippen LogP contribution in [0.25, 0.3) is 0 Å². The molecular formula is C7H5BrN2. The van der Waals surface area contributed by atoms with Crippen LogP contribution in [0.3, 0.4) is 0 Å². The second-order valence-corrected chi connectivity index (χ2v) is 2.71. The lowest BCUT2D eigenvalue weighted by molar-refractivity contribution is 1.47. The van der Waals surface area contributed by atoms with E-state index in [0.717, 1.165) is 4.47 Å². The number of halogens is 1. The van der Waals surface area contributed by atoms with Gasteiger partial charge in [-0.05, 0) is 34.1 Å². The van der Waals surface area contributed by atoms with Gasteiger partial charge in [0.2, 0.25) is 0 Å². The number of nitrogens with two attached hydrogens (primary N) is 1. The number of hydrogen-bond acceptors (Lipinski definition) is 2. The molecule has 0 saturated heterocycles. The Labute approximate surface area is 67.4 Å². The molecule has 0 aliphatic heterocycles. The van der Waals surface area contributed by atoms with Gasteiger partial charge in [-0.25, -0.2) is 0 Å². The van der Waals surface area contributed by atoms with Crippen LogP contribution in [0.15, 0.2) is 22.7 Å². The minimum atomic E-state index is 0.606. The Hall–Kier alpha value is -1.01. The fourth-order valence-corrected chi connectivity index (χ4v) is 1.11. The maximum absolute atomic E-state index is 8.49. The van der Waals surface area contributed by atoms with Gasteiger partial charge in [0.1, 0.15) is 6.07 Å². The highest BCUT2D eigenvalue weighted by atomic mass is 79.9. The highest BCUT2D eigenvalue weighted by Gasteiger charge is 1.96. The molecule has 0 aliphatic carbocycles. The zero-order valence-electron chi connectivity index (χ0n) is 5.13. The molecule has 0 radical (unpaired) electrons. The summed E-state index contributed by atoms with van der Waals surface area (Å²) in [5, 5.41) is 8.49. The molecule has 0 amide bonds. The van der Waals surface area contributed by atoms with E-state index in [9.17, 15) is 0 Å². The summed E-state index contributed by atoms with van der Waals surface area (Å²) in [6, 6.07) is 7.10. The SMILES string of the molecule is N#Cc1ccc(N)cc1Br. The lowest BCUT2D eigenvalue weighted by atomic mass is 10.2. The van der Waals surface area contributed by atoms with Crippen LogP contribution < -0.4 is 5.73 Å². The average Bonchev–Trinajstić information content (AvgIpc) is 1.88. The van der Waals surface area contributed by atoms with Gasteiger partial charge in [-0.1, -0.05) is 0 Å². The first-order valence-electron chi connectivity index (χ1n) is 2.69. The van der Waals surface area contributed by atoms with Crippen LogP contribution >= 0.6 is 15.9 Å². The van der Waals surface area contributed by atoms with Gasteiger partial charge < -0.3 is 5.73 Å². The van der Waals surface area contributed by atoms with Crippen molar-refractivity contribution in [1.82, 2.24) is 0 Å². The van der Waals surface area contributed by atoms with E-state index in [0.29, 0.717) is 11.3 Å². The van der Waals surface area contributed by atoms with E-state index >= 15 is 0 Å². The van der Waals surface area contributed by atoms with Crippen LogP contribution in [0.2, 0.25) is 0 Å². The van der Waals surface area contributed by atoms with E-state index < -0.39 is 0 Å². The lowest BCUT2D eigenvalue weighted by Crippen LogP contribution is -1.85. The first kappa shape index (κ1) is 7.10. The summed E-state index contributed by atoms with van der Waals surface area (Å²) in [5.41, 5.74) is 6.71. The summed E-state index contributed by atoms with van der Waals surface area (Å²) in [6.07, 6.45) is 0. The molecule has 0 saturated carbocycles. The molecule has 0 bridgehead atoms. The van der Waals surface area contributed by atoms with Gasteiger partial charge in [0.05, 0.1) is 5.56 Å². The number of nitrogens with zero attached hydrogens (tertiary/aromatic N) is 1. The van der Waals surface area contributed by atoms with Crippen molar-refractivity contribution in [2.75, 3.05) is 5.73 Å². The second kappa shape index (κ2) is 2.72. The average molecular weight is 197 g/mol. The van der Waals surface area contributed by atoms with Gasteiger partial charge in [0.25, 0.3) is 0 Å². The second-order valence-electron chi connectivity index (χ2n) is 1.85. The predicted octanol–water partition coefficient (Wildman–Crippen LogP) is 1.90. The van der Waals surface area contributed by atoms with Crippen LogP contribution in [0, 0.1) is 11.3 Å². The van der Waals surface area contributed by atoms with Crippen molar-refractivity contribution >= 4 is 21.6 Å². The quantitative estimate of drug-likeness (QED) is 0.645. The summed E-state index contributed by atoms with van der Waals surface area (Å²) in [6.45, 7) is 0. The van der Waals surface area contributed by atoms with Gasteiger partial charge in [0, 0.05) is 10.2 Å². The Balaban J connectivity index is 3.23. The number of hydrogen-bond donors (Lipinski definition) is 1. The molecule has 2 nitrogen and oxygen atoms in total. The number of nitriles is 1. The third-order valence-electron chi connectivity index (χ3n) is 1.11. The Morgan fingerprint density at radius 3 is 2.70 bits per heavy atom. The van der Waals surface area contributed by atoms with Gasteiger partial charge in [-0.3, -0.25) is 0 Å². The molecule has 1 aromatic rings. The molecule has 1 aromatic carbocycles. The van der Waals surface area contributed by atoms with E-state index in [2.05, 4.69) is 15.9 Å². The standard InChI is InChI=1S/C7H5BrN2/c8-7-3-6(10)2-1-5(7)4-9/h1-3H,10H2. The molecule has 3 heteroatoms. The Bertz CT molecular complexity index is 288. The minimum Gasteiger partial charge on any atom is -0.399 e. The lowest BCUT2D eigenvalue weighted by Gasteiger charge is -1.94. The fourth-order valence-electron chi connectivity index (χ4n) is 0.622. The molecule has 0 heterocycles. The molecule has 0 unspecified atom stereocenters. The maximum Gasteiger partial charge on any atom is 0.100 e. The van der Waals surface area contributed by atoms with Crippen LogP contribution in [-0.4, -0.2) is 0 Å². The Kier molecular flexibility index (Phi) is 1.93. The zero-order chi connectivity index (χ0) is 7.56. The summed E-state index contributed by atoms with van der Waals surface area (Å²) >= 11 is 3.20. The normalized spacial score (nSPS) is 8.80. The van der Waals surface area contributed by atoms with Crippen LogP contribution in [0.1, 0.15) is 5.56 Å². The van der Waals surface area contributed by atoms with Crippen LogP contribution in [0.4, 0.5) is 5.69 Å². The van der Waals surface area contributed by atoms with E-state index in [1.807, 2.05) is 6.07 Å². The fraction of sp³-hybridized carbons (Fsp3) is 0. The topological polar surface area (TPSA) is 49.8 Å². The molecule has 0 spiro atoms. The highest BCUT2D eigenvalue weighted by Crippen LogP contribution is 2.18. The smallest absolute Gasteiger partial charge is 0.100 e. The molecule has 2 N–H and O–H groups in total. The van der Waals surface area contributed by atoms with Crippen molar-refractivity contribution in [1.29, 1.82) is 5.26 Å². The van der Waals surface area contributed by atoms with E-state index in [1.165, 1.54) is 0 Å². The summed E-state index contributed by atoms with van der Waals surface area (Å²) in [5.74, 6) is 0. The first-order valence-corrected chi connectivity index (χ1v) is 3.48. The van der Waals surface area contributed by atoms with Gasteiger partial charge in [-0.2, -0.15) is 5.26 Å². The predicted molar refractivity (Wildman–Crippen MR) is 43.3 cm³/mol. The number of nitrogen functional groups attached to an aromatic ring is 1. The molecule has 1 rings (SSSR count). The third-order valence-corrected chi connectivity index (χ3v) is 1.77. The van der Waals surface area contributed by atoms with E-state index in [4.69, 9.17) is 11.0 Å².